The molecule has 0 aliphatic carbocycles. The number of halogens is 1. The third kappa shape index (κ3) is 4.61. The van der Waals surface area contributed by atoms with E-state index in [1.165, 1.54) is 0 Å². The largest absolute Gasteiger partial charge is 0.213 e. The number of alkyl halides is 1. The van der Waals surface area contributed by atoms with Gasteiger partial charge in [-0.1, -0.05) is 6.92 Å². The summed E-state index contributed by atoms with van der Waals surface area (Å²) >= 11 is 5.59. The van der Waals surface area contributed by atoms with Crippen LogP contribution in [0.5, 0.6) is 0 Å². The van der Waals surface area contributed by atoms with E-state index in [0.29, 0.717) is 6.42 Å². The summed E-state index contributed by atoms with van der Waals surface area (Å²) in [4.78, 5) is 0. The summed E-state index contributed by atoms with van der Waals surface area (Å²) in [7, 11) is -3.14. The van der Waals surface area contributed by atoms with Gasteiger partial charge in [0.05, 0.1) is 6.26 Å². The number of sulfonamides is 1. The molecule has 0 aromatic carbocycles. The molecule has 11 heavy (non-hydrogen) atoms. The highest BCUT2D eigenvalue weighted by Gasteiger charge is 2.24. The van der Waals surface area contributed by atoms with Gasteiger partial charge in [-0.15, -0.1) is 11.6 Å². The second kappa shape index (κ2) is 3.74. The molecule has 0 spiro atoms. The highest BCUT2D eigenvalue weighted by Crippen LogP contribution is 2.11. The van der Waals surface area contributed by atoms with Crippen LogP contribution in [0.4, 0.5) is 0 Å². The van der Waals surface area contributed by atoms with Gasteiger partial charge in [0.25, 0.3) is 0 Å². The smallest absolute Gasteiger partial charge is 0.209 e. The van der Waals surface area contributed by atoms with Crippen molar-refractivity contribution in [1.29, 1.82) is 0 Å². The zero-order valence-corrected chi connectivity index (χ0v) is 8.59. The summed E-state index contributed by atoms with van der Waals surface area (Å²) in [5, 5.41) is 0. The number of rotatable bonds is 4. The van der Waals surface area contributed by atoms with E-state index in [0.717, 1.165) is 6.26 Å². The predicted molar refractivity (Wildman–Crippen MR) is 47.4 cm³/mol. The van der Waals surface area contributed by atoms with Crippen LogP contribution in [-0.2, 0) is 10.0 Å². The van der Waals surface area contributed by atoms with Gasteiger partial charge >= 0.3 is 0 Å². The maximum Gasteiger partial charge on any atom is 0.209 e. The Balaban J connectivity index is 4.32. The highest BCUT2D eigenvalue weighted by molar-refractivity contribution is 7.88. The van der Waals surface area contributed by atoms with E-state index >= 15 is 0 Å². The molecule has 0 bridgehead atoms. The molecule has 3 nitrogen and oxygen atoms in total. The number of nitrogens with one attached hydrogen (secondary N) is 1. The molecule has 0 fully saturated rings. The zero-order valence-electron chi connectivity index (χ0n) is 7.02. The minimum Gasteiger partial charge on any atom is -0.213 e. The van der Waals surface area contributed by atoms with Crippen LogP contribution < -0.4 is 4.72 Å². The van der Waals surface area contributed by atoms with Gasteiger partial charge in [0.1, 0.15) is 0 Å². The molecule has 1 N–H and O–H groups in total. The Morgan fingerprint density at radius 3 is 2.09 bits per heavy atom. The molecule has 0 aromatic rings. The number of hydrogen-bond donors (Lipinski definition) is 1. The summed E-state index contributed by atoms with van der Waals surface area (Å²) in [6.07, 6.45) is 1.82. The van der Waals surface area contributed by atoms with Crippen LogP contribution in [0.2, 0.25) is 0 Å². The molecule has 0 aliphatic rings. The Morgan fingerprint density at radius 1 is 1.55 bits per heavy atom. The Labute approximate surface area is 73.2 Å². The molecule has 0 heterocycles. The molecule has 5 heteroatoms. The van der Waals surface area contributed by atoms with E-state index in [-0.39, 0.29) is 5.88 Å². The second-order valence-corrected chi connectivity index (χ2v) is 4.94. The molecule has 0 saturated heterocycles. The summed E-state index contributed by atoms with van der Waals surface area (Å²) in [5.74, 6) is 0.288. The minimum absolute atomic E-state index is 0.288. The lowest BCUT2D eigenvalue weighted by Crippen LogP contribution is -2.46. The van der Waals surface area contributed by atoms with Crippen LogP contribution in [0, 0.1) is 0 Å². The zero-order chi connectivity index (χ0) is 9.12. The molecular weight excluding hydrogens is 186 g/mol. The van der Waals surface area contributed by atoms with Crippen molar-refractivity contribution in [3.05, 3.63) is 0 Å². The first-order valence-corrected chi connectivity index (χ1v) is 5.80. The molecule has 0 saturated carbocycles. The normalized spacial score (nSPS) is 17.8. The average Bonchev–Trinajstić information content (AvgIpc) is 1.84. The summed E-state index contributed by atoms with van der Waals surface area (Å²) in [6.45, 7) is 3.67. The van der Waals surface area contributed by atoms with Crippen LogP contribution in [0.25, 0.3) is 0 Å². The van der Waals surface area contributed by atoms with Crippen molar-refractivity contribution in [3.8, 4) is 0 Å². The van der Waals surface area contributed by atoms with E-state index in [1.807, 2.05) is 6.92 Å². The standard InChI is InChI=1S/C6H14ClNO2S/c1-4-6(2,5-7)8-11(3,9)10/h8H,4-5H2,1-3H3. The molecule has 68 valence electrons. The maximum absolute atomic E-state index is 10.8. The Hall–Kier alpha value is 0.200. The molecule has 0 aromatic heterocycles. The van der Waals surface area contributed by atoms with Crippen molar-refractivity contribution in [2.24, 2.45) is 0 Å². The SMILES string of the molecule is CCC(C)(CCl)NS(C)(=O)=O. The van der Waals surface area contributed by atoms with Crippen molar-refractivity contribution in [2.45, 2.75) is 25.8 Å². The van der Waals surface area contributed by atoms with Gasteiger partial charge in [-0.2, -0.15) is 0 Å². The predicted octanol–water partition coefficient (Wildman–Crippen LogP) is 0.943. The Bertz CT molecular complexity index is 209. The number of hydrogen-bond acceptors (Lipinski definition) is 2. The van der Waals surface area contributed by atoms with E-state index in [4.69, 9.17) is 11.6 Å². The van der Waals surface area contributed by atoms with Crippen molar-refractivity contribution >= 4 is 21.6 Å². The van der Waals surface area contributed by atoms with Crippen LogP contribution >= 0.6 is 11.6 Å². The lowest BCUT2D eigenvalue weighted by molar-refractivity contribution is 0.446. The molecule has 0 amide bonds. The quantitative estimate of drug-likeness (QED) is 0.686. The molecule has 0 rings (SSSR count). The molecule has 0 aliphatic heterocycles. The van der Waals surface area contributed by atoms with Crippen LogP contribution in [0.15, 0.2) is 0 Å². The average molecular weight is 200 g/mol. The first-order valence-electron chi connectivity index (χ1n) is 3.38. The summed E-state index contributed by atoms with van der Waals surface area (Å²) in [5.41, 5.74) is -0.505. The maximum atomic E-state index is 10.8. The first-order chi connectivity index (χ1) is 4.83. The van der Waals surface area contributed by atoms with Gasteiger partial charge in [0.2, 0.25) is 10.0 Å². The molecule has 1 atom stereocenters. The lowest BCUT2D eigenvalue weighted by Gasteiger charge is -2.25. The highest BCUT2D eigenvalue weighted by atomic mass is 35.5. The van der Waals surface area contributed by atoms with Crippen molar-refractivity contribution in [3.63, 3.8) is 0 Å². The Morgan fingerprint density at radius 2 is 2.00 bits per heavy atom. The lowest BCUT2D eigenvalue weighted by atomic mass is 10.0. The summed E-state index contributed by atoms with van der Waals surface area (Å²) < 4.78 is 24.1. The Kier molecular flexibility index (Phi) is 3.80. The van der Waals surface area contributed by atoms with E-state index < -0.39 is 15.6 Å². The van der Waals surface area contributed by atoms with Gasteiger partial charge < -0.3 is 0 Å². The van der Waals surface area contributed by atoms with Crippen LogP contribution in [0.3, 0.4) is 0 Å². The topological polar surface area (TPSA) is 46.2 Å². The molecule has 1 unspecified atom stereocenters. The first kappa shape index (κ1) is 11.2. The van der Waals surface area contributed by atoms with E-state index in [2.05, 4.69) is 4.72 Å². The molecule has 0 radical (unpaired) electrons. The van der Waals surface area contributed by atoms with Gasteiger partial charge in [-0.25, -0.2) is 13.1 Å². The van der Waals surface area contributed by atoms with Gasteiger partial charge in [-0.05, 0) is 13.3 Å². The second-order valence-electron chi connectivity index (χ2n) is 2.92. The minimum atomic E-state index is -3.14. The third-order valence-corrected chi connectivity index (χ3v) is 2.96. The van der Waals surface area contributed by atoms with Crippen LogP contribution in [-0.4, -0.2) is 26.1 Å². The molecular formula is C6H14ClNO2S. The fourth-order valence-electron chi connectivity index (χ4n) is 0.642. The van der Waals surface area contributed by atoms with E-state index in [9.17, 15) is 8.42 Å². The summed E-state index contributed by atoms with van der Waals surface area (Å²) in [6, 6.07) is 0. The third-order valence-electron chi connectivity index (χ3n) is 1.51. The fraction of sp³-hybridized carbons (Fsp3) is 1.00. The van der Waals surface area contributed by atoms with Gasteiger partial charge in [0, 0.05) is 11.4 Å². The fourth-order valence-corrected chi connectivity index (χ4v) is 2.09. The van der Waals surface area contributed by atoms with Gasteiger partial charge in [-0.3, -0.25) is 0 Å². The van der Waals surface area contributed by atoms with E-state index in [1.54, 1.807) is 6.92 Å². The van der Waals surface area contributed by atoms with Gasteiger partial charge in [0.15, 0.2) is 0 Å². The van der Waals surface area contributed by atoms with Crippen molar-refractivity contribution in [1.82, 2.24) is 4.72 Å². The van der Waals surface area contributed by atoms with Crippen molar-refractivity contribution in [2.75, 3.05) is 12.1 Å². The monoisotopic (exact) mass is 199 g/mol. The van der Waals surface area contributed by atoms with Crippen LogP contribution in [0.1, 0.15) is 20.3 Å². The van der Waals surface area contributed by atoms with Crippen molar-refractivity contribution < 1.29 is 8.42 Å².